The monoisotopic (exact) mass is 432 g/mol. The third-order valence-electron chi connectivity index (χ3n) is 5.04. The molecule has 3 aromatic rings. The summed E-state index contributed by atoms with van der Waals surface area (Å²) in [6.07, 6.45) is 1.13. The van der Waals surface area contributed by atoms with Gasteiger partial charge in [-0.15, -0.1) is 22.7 Å². The Morgan fingerprint density at radius 2 is 2.17 bits per heavy atom. The van der Waals surface area contributed by atoms with Crippen molar-refractivity contribution < 1.29 is 18.7 Å². The lowest BCUT2D eigenvalue weighted by molar-refractivity contribution is -0.131. The van der Waals surface area contributed by atoms with E-state index < -0.39 is 0 Å². The van der Waals surface area contributed by atoms with Gasteiger partial charge in [0.15, 0.2) is 0 Å². The number of amides is 2. The molecule has 4 rings (SSSR count). The van der Waals surface area contributed by atoms with Gasteiger partial charge in [-0.1, -0.05) is 6.07 Å². The van der Waals surface area contributed by atoms with Crippen molar-refractivity contribution in [2.24, 2.45) is 0 Å². The molecule has 0 saturated heterocycles. The van der Waals surface area contributed by atoms with E-state index in [0.717, 1.165) is 6.42 Å². The first-order valence-corrected chi connectivity index (χ1v) is 11.1. The van der Waals surface area contributed by atoms with Gasteiger partial charge >= 0.3 is 0 Å². The maximum absolute atomic E-state index is 14.3. The first-order chi connectivity index (χ1) is 14.1. The summed E-state index contributed by atoms with van der Waals surface area (Å²) in [7, 11) is 1.52. The minimum absolute atomic E-state index is 0.0293. The average molecular weight is 433 g/mol. The molecule has 1 N–H and O–H groups in total. The molecule has 1 aliphatic rings. The van der Waals surface area contributed by atoms with E-state index in [0.29, 0.717) is 33.6 Å². The van der Waals surface area contributed by atoms with Crippen LogP contribution in [0.25, 0.3) is 10.1 Å². The van der Waals surface area contributed by atoms with Crippen LogP contribution in [0.5, 0.6) is 0 Å². The number of nitrogens with one attached hydrogen (secondary N) is 1. The van der Waals surface area contributed by atoms with Crippen LogP contribution in [0.15, 0.2) is 29.6 Å². The van der Waals surface area contributed by atoms with Crippen molar-refractivity contribution in [2.75, 3.05) is 20.2 Å². The third kappa shape index (κ3) is 4.05. The standard InChI is InChI=1S/C21H21FN2O3S2/c1-27-12-14-19-15(22)3-2-4-17(19)29-20(14)21(26)23-8-5-18(25)24-9-6-16-13(11-24)7-10-28-16/h2-4,7,10H,5-6,8-9,11-12H2,1H3,(H,23,26). The van der Waals surface area contributed by atoms with Gasteiger partial charge in [0.2, 0.25) is 5.91 Å². The Bertz CT molecular complexity index is 1060. The number of benzene rings is 1. The van der Waals surface area contributed by atoms with E-state index >= 15 is 0 Å². The molecule has 0 fully saturated rings. The minimum atomic E-state index is -0.363. The maximum Gasteiger partial charge on any atom is 0.261 e. The van der Waals surface area contributed by atoms with E-state index in [1.807, 2.05) is 4.90 Å². The van der Waals surface area contributed by atoms with Crippen LogP contribution in [-0.4, -0.2) is 36.9 Å². The van der Waals surface area contributed by atoms with Gasteiger partial charge in [0.25, 0.3) is 5.91 Å². The van der Waals surface area contributed by atoms with Gasteiger partial charge in [-0.3, -0.25) is 9.59 Å². The van der Waals surface area contributed by atoms with Crippen LogP contribution < -0.4 is 5.32 Å². The van der Waals surface area contributed by atoms with Crippen molar-refractivity contribution >= 4 is 44.6 Å². The Labute approximate surface area is 176 Å². The molecule has 0 spiro atoms. The summed E-state index contributed by atoms with van der Waals surface area (Å²) in [5.74, 6) is -0.635. The van der Waals surface area contributed by atoms with Gasteiger partial charge < -0.3 is 15.0 Å². The summed E-state index contributed by atoms with van der Waals surface area (Å²) in [6.45, 7) is 1.75. The van der Waals surface area contributed by atoms with Crippen LogP contribution in [-0.2, 0) is 29.1 Å². The number of rotatable bonds is 6. The van der Waals surface area contributed by atoms with Gasteiger partial charge in [-0.25, -0.2) is 4.39 Å². The number of fused-ring (bicyclic) bond motifs is 2. The molecule has 8 heteroatoms. The topological polar surface area (TPSA) is 58.6 Å². The number of hydrogen-bond acceptors (Lipinski definition) is 5. The summed E-state index contributed by atoms with van der Waals surface area (Å²) in [5, 5.41) is 5.30. The molecule has 0 bridgehead atoms. The fourth-order valence-electron chi connectivity index (χ4n) is 3.62. The number of hydrogen-bond donors (Lipinski definition) is 1. The van der Waals surface area contributed by atoms with Crippen molar-refractivity contribution in [1.29, 1.82) is 0 Å². The van der Waals surface area contributed by atoms with Crippen molar-refractivity contribution in [1.82, 2.24) is 10.2 Å². The van der Waals surface area contributed by atoms with Crippen LogP contribution >= 0.6 is 22.7 Å². The van der Waals surface area contributed by atoms with Gasteiger partial charge in [0.05, 0.1) is 11.5 Å². The molecule has 0 unspecified atom stereocenters. The van der Waals surface area contributed by atoms with Crippen LogP contribution in [0.3, 0.4) is 0 Å². The molecule has 152 valence electrons. The van der Waals surface area contributed by atoms with Gasteiger partial charge in [0.1, 0.15) is 5.82 Å². The SMILES string of the molecule is COCc1c(C(=O)NCCC(=O)N2CCc3sccc3C2)sc2cccc(F)c12. The lowest BCUT2D eigenvalue weighted by Crippen LogP contribution is -2.37. The largest absolute Gasteiger partial charge is 0.380 e. The highest BCUT2D eigenvalue weighted by Gasteiger charge is 2.23. The zero-order valence-corrected chi connectivity index (χ0v) is 17.6. The summed E-state index contributed by atoms with van der Waals surface area (Å²) >= 11 is 2.98. The minimum Gasteiger partial charge on any atom is -0.380 e. The number of thiophene rings is 2. The second-order valence-electron chi connectivity index (χ2n) is 6.90. The van der Waals surface area contributed by atoms with Crippen LogP contribution in [0.2, 0.25) is 0 Å². The van der Waals surface area contributed by atoms with Crippen molar-refractivity contribution in [3.63, 3.8) is 0 Å². The molecule has 2 amide bonds. The summed E-state index contributed by atoms with van der Waals surface area (Å²) in [5.41, 5.74) is 1.77. The molecule has 29 heavy (non-hydrogen) atoms. The molecule has 0 saturated carbocycles. The van der Waals surface area contributed by atoms with E-state index in [2.05, 4.69) is 16.8 Å². The molecule has 3 heterocycles. The van der Waals surface area contributed by atoms with Gasteiger partial charge in [-0.05, 0) is 35.6 Å². The molecule has 1 aliphatic heterocycles. The Morgan fingerprint density at radius 3 is 3.00 bits per heavy atom. The first-order valence-electron chi connectivity index (χ1n) is 9.38. The zero-order valence-electron chi connectivity index (χ0n) is 16.0. The highest BCUT2D eigenvalue weighted by molar-refractivity contribution is 7.21. The summed E-state index contributed by atoms with van der Waals surface area (Å²) in [6, 6.07) is 6.87. The number of carbonyl (C=O) groups excluding carboxylic acids is 2. The third-order valence-corrected chi connectivity index (χ3v) is 7.26. The van der Waals surface area contributed by atoms with E-state index in [1.54, 1.807) is 23.5 Å². The number of carbonyl (C=O) groups is 2. The Hall–Kier alpha value is -2.29. The second kappa shape index (κ2) is 8.61. The van der Waals surface area contributed by atoms with Crippen LogP contribution in [0.4, 0.5) is 4.39 Å². The van der Waals surface area contributed by atoms with E-state index in [1.165, 1.54) is 35.0 Å². The summed E-state index contributed by atoms with van der Waals surface area (Å²) < 4.78 is 20.2. The molecular weight excluding hydrogens is 411 g/mol. The predicted molar refractivity (Wildman–Crippen MR) is 113 cm³/mol. The second-order valence-corrected chi connectivity index (χ2v) is 8.95. The lowest BCUT2D eigenvalue weighted by Gasteiger charge is -2.27. The number of nitrogens with zero attached hydrogens (tertiary/aromatic N) is 1. The number of halogens is 1. The first kappa shape index (κ1) is 20.0. The van der Waals surface area contributed by atoms with Crippen LogP contribution in [0.1, 0.15) is 32.1 Å². The fourth-order valence-corrected chi connectivity index (χ4v) is 5.64. The Kier molecular flexibility index (Phi) is 5.94. The Balaban J connectivity index is 1.39. The van der Waals surface area contributed by atoms with Crippen molar-refractivity contribution in [3.8, 4) is 0 Å². The number of methoxy groups -OCH3 is 1. The van der Waals surface area contributed by atoms with Gasteiger partial charge in [-0.2, -0.15) is 0 Å². The van der Waals surface area contributed by atoms with E-state index in [9.17, 15) is 14.0 Å². The average Bonchev–Trinajstić information content (AvgIpc) is 3.33. The number of ether oxygens (including phenoxy) is 1. The zero-order chi connectivity index (χ0) is 20.4. The molecule has 1 aromatic carbocycles. The lowest BCUT2D eigenvalue weighted by atomic mass is 10.1. The summed E-state index contributed by atoms with van der Waals surface area (Å²) in [4.78, 5) is 28.8. The predicted octanol–water partition coefficient (Wildman–Crippen LogP) is 3.95. The molecule has 2 aromatic heterocycles. The molecule has 0 atom stereocenters. The molecular formula is C21H21FN2O3S2. The fraction of sp³-hybridized carbons (Fsp3) is 0.333. The molecule has 5 nitrogen and oxygen atoms in total. The van der Waals surface area contributed by atoms with Crippen molar-refractivity contribution in [3.05, 3.63) is 56.3 Å². The molecule has 0 aliphatic carbocycles. The van der Waals surface area contributed by atoms with E-state index in [-0.39, 0.29) is 37.2 Å². The Morgan fingerprint density at radius 1 is 1.31 bits per heavy atom. The van der Waals surface area contributed by atoms with E-state index in [4.69, 9.17) is 4.74 Å². The van der Waals surface area contributed by atoms with Crippen LogP contribution in [0, 0.1) is 5.82 Å². The van der Waals surface area contributed by atoms with Crippen molar-refractivity contribution in [2.45, 2.75) is 26.0 Å². The normalized spacial score (nSPS) is 13.5. The smallest absolute Gasteiger partial charge is 0.261 e. The highest BCUT2D eigenvalue weighted by Crippen LogP contribution is 2.33. The maximum atomic E-state index is 14.3. The quantitative estimate of drug-likeness (QED) is 0.642. The highest BCUT2D eigenvalue weighted by atomic mass is 32.1. The van der Waals surface area contributed by atoms with Gasteiger partial charge in [0, 0.05) is 53.7 Å². The molecule has 0 radical (unpaired) electrons.